The number of amides is 2. The molecule has 0 bridgehead atoms. The molecule has 0 aliphatic heterocycles. The van der Waals surface area contributed by atoms with Crippen LogP contribution in [0.1, 0.15) is 30.5 Å². The Morgan fingerprint density at radius 3 is 2.40 bits per heavy atom. The minimum Gasteiger partial charge on any atom is -0.493 e. The highest BCUT2D eigenvalue weighted by Gasteiger charge is 2.24. The lowest BCUT2D eigenvalue weighted by Crippen LogP contribution is -2.46. The topological polar surface area (TPSA) is 59.6 Å². The van der Waals surface area contributed by atoms with Crippen molar-refractivity contribution in [1.29, 1.82) is 0 Å². The molecule has 2 amide bonds. The van der Waals surface area contributed by atoms with E-state index in [1.54, 1.807) is 14.2 Å². The van der Waals surface area contributed by atoms with E-state index in [0.29, 0.717) is 18.0 Å². The van der Waals surface area contributed by atoms with E-state index in [2.05, 4.69) is 16.7 Å². The average molecular weight is 342 g/mol. The summed E-state index contributed by atoms with van der Waals surface area (Å²) in [7, 11) is 3.19. The van der Waals surface area contributed by atoms with E-state index >= 15 is 0 Å². The first-order chi connectivity index (χ1) is 11.9. The molecule has 5 heteroatoms. The molecule has 2 aromatic carbocycles. The zero-order chi connectivity index (χ0) is 18.4. The highest BCUT2D eigenvalue weighted by atomic mass is 16.5. The Balaban J connectivity index is 2.03. The minimum atomic E-state index is -0.559. The van der Waals surface area contributed by atoms with Gasteiger partial charge in [0.2, 0.25) is 0 Å². The number of methoxy groups -OCH3 is 2. The number of benzene rings is 2. The van der Waals surface area contributed by atoms with Crippen LogP contribution in [-0.2, 0) is 12.1 Å². The van der Waals surface area contributed by atoms with E-state index in [0.717, 1.165) is 11.1 Å². The lowest BCUT2D eigenvalue weighted by atomic mass is 9.94. The highest BCUT2D eigenvalue weighted by Crippen LogP contribution is 2.31. The molecule has 0 spiro atoms. The first-order valence-corrected chi connectivity index (χ1v) is 8.20. The van der Waals surface area contributed by atoms with Crippen LogP contribution in [0, 0.1) is 6.92 Å². The number of aryl methyl sites for hydroxylation is 1. The van der Waals surface area contributed by atoms with Gasteiger partial charge in [0.05, 0.1) is 19.8 Å². The Labute approximate surface area is 149 Å². The zero-order valence-corrected chi connectivity index (χ0v) is 15.5. The van der Waals surface area contributed by atoms with Crippen LogP contribution >= 0.6 is 0 Å². The van der Waals surface area contributed by atoms with Crippen LogP contribution in [0.2, 0.25) is 0 Å². The van der Waals surface area contributed by atoms with Gasteiger partial charge in [0.25, 0.3) is 0 Å². The summed E-state index contributed by atoms with van der Waals surface area (Å²) in [5, 5.41) is 5.90. The van der Waals surface area contributed by atoms with E-state index in [9.17, 15) is 4.79 Å². The first kappa shape index (κ1) is 18.6. The van der Waals surface area contributed by atoms with Crippen LogP contribution in [-0.4, -0.2) is 20.3 Å². The van der Waals surface area contributed by atoms with Crippen molar-refractivity contribution in [1.82, 2.24) is 10.6 Å². The number of nitrogens with one attached hydrogen (secondary N) is 2. The van der Waals surface area contributed by atoms with Crippen molar-refractivity contribution in [2.24, 2.45) is 0 Å². The SMILES string of the molecule is COc1ccc(C(C)(C)NC(=O)NCc2cccc(C)c2)cc1OC. The second-order valence-electron chi connectivity index (χ2n) is 6.49. The Bertz CT molecular complexity index is 741. The number of carbonyl (C=O) groups is 1. The number of ether oxygens (including phenoxy) is 2. The minimum absolute atomic E-state index is 0.221. The van der Waals surface area contributed by atoms with Crippen LogP contribution in [0.15, 0.2) is 42.5 Å². The zero-order valence-electron chi connectivity index (χ0n) is 15.5. The van der Waals surface area contributed by atoms with E-state index in [1.165, 1.54) is 5.56 Å². The Hall–Kier alpha value is -2.69. The maximum atomic E-state index is 12.3. The van der Waals surface area contributed by atoms with Gasteiger partial charge in [0, 0.05) is 6.54 Å². The Morgan fingerprint density at radius 2 is 1.76 bits per heavy atom. The van der Waals surface area contributed by atoms with E-state index in [1.807, 2.05) is 57.2 Å². The van der Waals surface area contributed by atoms with Crippen molar-refractivity contribution in [3.8, 4) is 11.5 Å². The van der Waals surface area contributed by atoms with Gasteiger partial charge in [-0.15, -0.1) is 0 Å². The predicted molar refractivity (Wildman–Crippen MR) is 99.1 cm³/mol. The van der Waals surface area contributed by atoms with Crippen LogP contribution in [0.5, 0.6) is 11.5 Å². The summed E-state index contributed by atoms with van der Waals surface area (Å²) in [5.41, 5.74) is 2.61. The molecule has 5 nitrogen and oxygen atoms in total. The van der Waals surface area contributed by atoms with Gasteiger partial charge in [-0.05, 0) is 44.0 Å². The number of hydrogen-bond donors (Lipinski definition) is 2. The van der Waals surface area contributed by atoms with E-state index < -0.39 is 5.54 Å². The maximum absolute atomic E-state index is 12.3. The molecule has 0 unspecified atom stereocenters. The van der Waals surface area contributed by atoms with Crippen molar-refractivity contribution in [2.75, 3.05) is 14.2 Å². The largest absolute Gasteiger partial charge is 0.493 e. The van der Waals surface area contributed by atoms with Gasteiger partial charge in [-0.3, -0.25) is 0 Å². The van der Waals surface area contributed by atoms with Crippen molar-refractivity contribution in [3.05, 3.63) is 59.2 Å². The lowest BCUT2D eigenvalue weighted by Gasteiger charge is -2.27. The summed E-state index contributed by atoms with van der Waals surface area (Å²) in [6.07, 6.45) is 0. The van der Waals surface area contributed by atoms with Crippen LogP contribution in [0.3, 0.4) is 0 Å². The highest BCUT2D eigenvalue weighted by molar-refractivity contribution is 5.75. The molecule has 0 fully saturated rings. The second-order valence-corrected chi connectivity index (χ2v) is 6.49. The number of hydrogen-bond acceptors (Lipinski definition) is 3. The van der Waals surface area contributed by atoms with Gasteiger partial charge in [-0.25, -0.2) is 4.79 Å². The van der Waals surface area contributed by atoms with E-state index in [4.69, 9.17) is 9.47 Å². The summed E-state index contributed by atoms with van der Waals surface area (Å²) >= 11 is 0. The lowest BCUT2D eigenvalue weighted by molar-refractivity contribution is 0.229. The van der Waals surface area contributed by atoms with Gasteiger partial charge < -0.3 is 20.1 Å². The van der Waals surface area contributed by atoms with E-state index in [-0.39, 0.29) is 6.03 Å². The molecule has 0 atom stereocenters. The molecule has 134 valence electrons. The molecule has 2 N–H and O–H groups in total. The monoisotopic (exact) mass is 342 g/mol. The number of urea groups is 1. The molecule has 0 aliphatic rings. The van der Waals surface area contributed by atoms with Gasteiger partial charge in [-0.1, -0.05) is 35.9 Å². The summed E-state index contributed by atoms with van der Waals surface area (Å²) in [6, 6.07) is 13.5. The molecule has 0 saturated carbocycles. The smallest absolute Gasteiger partial charge is 0.315 e. The predicted octanol–water partition coefficient (Wildman–Crippen LogP) is 3.75. The van der Waals surface area contributed by atoms with Gasteiger partial charge in [0.15, 0.2) is 11.5 Å². The second kappa shape index (κ2) is 7.92. The summed E-state index contributed by atoms with van der Waals surface area (Å²) in [4.78, 5) is 12.3. The molecule has 0 aromatic heterocycles. The average Bonchev–Trinajstić information content (AvgIpc) is 2.59. The van der Waals surface area contributed by atoms with Crippen molar-refractivity contribution in [2.45, 2.75) is 32.9 Å². The number of rotatable bonds is 6. The summed E-state index contributed by atoms with van der Waals surface area (Å²) < 4.78 is 10.6. The third-order valence-electron chi connectivity index (χ3n) is 4.07. The molecule has 0 saturated heterocycles. The third-order valence-corrected chi connectivity index (χ3v) is 4.07. The first-order valence-electron chi connectivity index (χ1n) is 8.20. The Morgan fingerprint density at radius 1 is 1.04 bits per heavy atom. The molecule has 2 rings (SSSR count). The van der Waals surface area contributed by atoms with Gasteiger partial charge in [-0.2, -0.15) is 0 Å². The fourth-order valence-corrected chi connectivity index (χ4v) is 2.63. The third kappa shape index (κ3) is 4.89. The van der Waals surface area contributed by atoms with Gasteiger partial charge >= 0.3 is 6.03 Å². The normalized spacial score (nSPS) is 10.9. The van der Waals surface area contributed by atoms with Crippen molar-refractivity contribution >= 4 is 6.03 Å². The molecule has 0 radical (unpaired) electrons. The van der Waals surface area contributed by atoms with Crippen LogP contribution in [0.4, 0.5) is 4.79 Å². The van der Waals surface area contributed by atoms with Gasteiger partial charge in [0.1, 0.15) is 0 Å². The number of carbonyl (C=O) groups excluding carboxylic acids is 1. The fourth-order valence-electron chi connectivity index (χ4n) is 2.63. The molecule has 25 heavy (non-hydrogen) atoms. The van der Waals surface area contributed by atoms with Crippen molar-refractivity contribution < 1.29 is 14.3 Å². The summed E-state index contributed by atoms with van der Waals surface area (Å²) in [5.74, 6) is 1.29. The molecule has 0 heterocycles. The quantitative estimate of drug-likeness (QED) is 0.840. The Kier molecular flexibility index (Phi) is 5.91. The van der Waals surface area contributed by atoms with Crippen molar-refractivity contribution in [3.63, 3.8) is 0 Å². The summed E-state index contributed by atoms with van der Waals surface area (Å²) in [6.45, 7) is 6.40. The maximum Gasteiger partial charge on any atom is 0.315 e. The van der Waals surface area contributed by atoms with Crippen LogP contribution in [0.25, 0.3) is 0 Å². The van der Waals surface area contributed by atoms with Crippen LogP contribution < -0.4 is 20.1 Å². The molecular weight excluding hydrogens is 316 g/mol. The molecule has 0 aliphatic carbocycles. The fraction of sp³-hybridized carbons (Fsp3) is 0.350. The standard InChI is InChI=1S/C20H26N2O3/c1-14-7-6-8-15(11-14)13-21-19(23)22-20(2,3)16-9-10-17(24-4)18(12-16)25-5/h6-12H,13H2,1-5H3,(H2,21,22,23). The molecular formula is C20H26N2O3. The molecule has 2 aromatic rings.